The molecule has 1 unspecified atom stereocenters. The molecule has 0 bridgehead atoms. The Morgan fingerprint density at radius 1 is 0.396 bits per heavy atom. The van der Waals surface area contributed by atoms with Crippen molar-refractivity contribution in [3.05, 3.63) is 48.6 Å². The van der Waals surface area contributed by atoms with Gasteiger partial charge in [-0.05, 0) is 70.6 Å². The Balaban J connectivity index is 4.36. The maximum Gasteiger partial charge on any atom is 0.306 e. The monoisotopic (exact) mass is 743 g/mol. The molecular weight excluding hydrogens is 661 g/mol. The lowest BCUT2D eigenvalue weighted by molar-refractivity contribution is -0.167. The number of carbonyl (C=O) groups is 3. The van der Waals surface area contributed by atoms with E-state index >= 15 is 0 Å². The van der Waals surface area contributed by atoms with E-state index in [1.807, 2.05) is 0 Å². The largest absolute Gasteiger partial charge is 0.462 e. The van der Waals surface area contributed by atoms with Gasteiger partial charge in [-0.1, -0.05) is 172 Å². The number of rotatable bonds is 39. The maximum atomic E-state index is 12.7. The molecule has 53 heavy (non-hydrogen) atoms. The molecule has 0 aliphatic rings. The SMILES string of the molecule is CC/C=C\C/C=C\C/C=C\CCCCCCCCC(=O)OCC(COC(=O)CCC/C=C\CCCCCC)OC(=O)CCCCCCCCCCCC. The summed E-state index contributed by atoms with van der Waals surface area (Å²) in [6.45, 7) is 6.43. The first-order valence-corrected chi connectivity index (χ1v) is 22.1. The summed E-state index contributed by atoms with van der Waals surface area (Å²) in [5.74, 6) is -0.940. The number of hydrogen-bond acceptors (Lipinski definition) is 6. The fourth-order valence-corrected chi connectivity index (χ4v) is 5.99. The molecule has 306 valence electrons. The summed E-state index contributed by atoms with van der Waals surface area (Å²) in [6, 6.07) is 0. The molecule has 0 aromatic carbocycles. The average molecular weight is 743 g/mol. The van der Waals surface area contributed by atoms with Crippen molar-refractivity contribution >= 4 is 17.9 Å². The molecule has 0 amide bonds. The second-order valence-electron chi connectivity index (χ2n) is 14.6. The van der Waals surface area contributed by atoms with Crippen LogP contribution in [0, 0.1) is 0 Å². The molecule has 0 aromatic rings. The van der Waals surface area contributed by atoms with E-state index in [2.05, 4.69) is 69.4 Å². The second kappa shape index (κ2) is 42.1. The van der Waals surface area contributed by atoms with Gasteiger partial charge >= 0.3 is 17.9 Å². The Hall–Kier alpha value is -2.63. The third kappa shape index (κ3) is 40.4. The van der Waals surface area contributed by atoms with Crippen LogP contribution in [0.1, 0.15) is 213 Å². The topological polar surface area (TPSA) is 78.9 Å². The molecule has 6 heteroatoms. The number of allylic oxidation sites excluding steroid dienone is 8. The molecule has 0 aliphatic heterocycles. The van der Waals surface area contributed by atoms with Crippen molar-refractivity contribution < 1.29 is 28.6 Å². The lowest BCUT2D eigenvalue weighted by atomic mass is 10.1. The number of hydrogen-bond donors (Lipinski definition) is 0. The van der Waals surface area contributed by atoms with Crippen molar-refractivity contribution in [1.82, 2.24) is 0 Å². The summed E-state index contributed by atoms with van der Waals surface area (Å²) in [5, 5.41) is 0. The van der Waals surface area contributed by atoms with Crippen LogP contribution in [-0.4, -0.2) is 37.2 Å². The zero-order valence-electron chi connectivity index (χ0n) is 34.8. The van der Waals surface area contributed by atoms with Gasteiger partial charge < -0.3 is 14.2 Å². The fraction of sp³-hybridized carbons (Fsp3) is 0.766. The van der Waals surface area contributed by atoms with E-state index in [9.17, 15) is 14.4 Å². The van der Waals surface area contributed by atoms with Crippen molar-refractivity contribution in [3.63, 3.8) is 0 Å². The molecule has 0 aliphatic carbocycles. The highest BCUT2D eigenvalue weighted by Gasteiger charge is 2.19. The van der Waals surface area contributed by atoms with Crippen LogP contribution in [0.15, 0.2) is 48.6 Å². The Morgan fingerprint density at radius 2 is 0.755 bits per heavy atom. The van der Waals surface area contributed by atoms with E-state index in [1.54, 1.807) is 0 Å². The second-order valence-corrected chi connectivity index (χ2v) is 14.6. The van der Waals surface area contributed by atoms with Crippen LogP contribution in [0.5, 0.6) is 0 Å². The summed E-state index contributed by atoms with van der Waals surface area (Å²) < 4.78 is 16.6. The molecule has 0 saturated heterocycles. The van der Waals surface area contributed by atoms with E-state index in [0.717, 1.165) is 83.5 Å². The molecule has 0 fully saturated rings. The van der Waals surface area contributed by atoms with Gasteiger partial charge in [0.25, 0.3) is 0 Å². The first-order chi connectivity index (χ1) is 26.0. The van der Waals surface area contributed by atoms with Crippen LogP contribution in [0.2, 0.25) is 0 Å². The summed E-state index contributed by atoms with van der Waals surface area (Å²) in [6.07, 6.45) is 48.2. The third-order valence-corrected chi connectivity index (χ3v) is 9.32. The highest BCUT2D eigenvalue weighted by Crippen LogP contribution is 2.13. The smallest absolute Gasteiger partial charge is 0.306 e. The van der Waals surface area contributed by atoms with Gasteiger partial charge in [-0.3, -0.25) is 14.4 Å². The molecule has 1 atom stereocenters. The fourth-order valence-electron chi connectivity index (χ4n) is 5.99. The summed E-state index contributed by atoms with van der Waals surface area (Å²) >= 11 is 0. The van der Waals surface area contributed by atoms with Crippen molar-refractivity contribution in [1.29, 1.82) is 0 Å². The average Bonchev–Trinajstić information content (AvgIpc) is 3.15. The molecule has 0 rings (SSSR count). The Labute approximate surface area is 327 Å². The van der Waals surface area contributed by atoms with Gasteiger partial charge in [-0.15, -0.1) is 0 Å². The third-order valence-electron chi connectivity index (χ3n) is 9.32. The quantitative estimate of drug-likeness (QED) is 0.0270. The molecule has 0 heterocycles. The van der Waals surface area contributed by atoms with E-state index in [0.29, 0.717) is 19.3 Å². The highest BCUT2D eigenvalue weighted by atomic mass is 16.6. The Bertz CT molecular complexity index is 949. The van der Waals surface area contributed by atoms with Gasteiger partial charge in [0.05, 0.1) is 0 Å². The molecule has 0 aromatic heterocycles. The number of ether oxygens (including phenoxy) is 3. The van der Waals surface area contributed by atoms with Crippen LogP contribution in [0.4, 0.5) is 0 Å². The van der Waals surface area contributed by atoms with Gasteiger partial charge in [0.15, 0.2) is 6.10 Å². The number of esters is 3. The standard InChI is InChI=1S/C47H82O6/c1-4-7-10-13-16-19-21-22-23-24-25-26-29-31-34-37-40-46(49)52-43-44(42-51-45(48)39-36-33-30-27-18-15-12-9-6-3)53-47(50)41-38-35-32-28-20-17-14-11-8-5-2/h7,10,16,19,22-23,27,30,44H,4-6,8-9,11-15,17-18,20-21,24-26,28-29,31-43H2,1-3H3/b10-7-,19-16-,23-22-,30-27-. The van der Waals surface area contributed by atoms with Gasteiger partial charge in [-0.25, -0.2) is 0 Å². The number of carbonyl (C=O) groups excluding carboxylic acids is 3. The molecule has 0 radical (unpaired) electrons. The summed E-state index contributed by atoms with van der Waals surface area (Å²) in [7, 11) is 0. The van der Waals surface area contributed by atoms with Crippen molar-refractivity contribution in [2.75, 3.05) is 13.2 Å². The van der Waals surface area contributed by atoms with E-state index in [4.69, 9.17) is 14.2 Å². The van der Waals surface area contributed by atoms with Gasteiger partial charge in [0.2, 0.25) is 0 Å². The molecule has 0 N–H and O–H groups in total. The first-order valence-electron chi connectivity index (χ1n) is 22.1. The molecule has 6 nitrogen and oxygen atoms in total. The predicted octanol–water partition coefficient (Wildman–Crippen LogP) is 14.0. The summed E-state index contributed by atoms with van der Waals surface area (Å²) in [5.41, 5.74) is 0. The van der Waals surface area contributed by atoms with Crippen molar-refractivity contribution in [2.24, 2.45) is 0 Å². The predicted molar refractivity (Wildman–Crippen MR) is 224 cm³/mol. The van der Waals surface area contributed by atoms with Gasteiger partial charge in [0, 0.05) is 19.3 Å². The van der Waals surface area contributed by atoms with Crippen LogP contribution >= 0.6 is 0 Å². The molecule has 0 spiro atoms. The van der Waals surface area contributed by atoms with Crippen LogP contribution in [-0.2, 0) is 28.6 Å². The Kier molecular flexibility index (Phi) is 40.0. The minimum absolute atomic E-state index is 0.0874. The van der Waals surface area contributed by atoms with Crippen LogP contribution < -0.4 is 0 Å². The highest BCUT2D eigenvalue weighted by molar-refractivity contribution is 5.71. The van der Waals surface area contributed by atoms with Gasteiger partial charge in [-0.2, -0.15) is 0 Å². The normalized spacial score (nSPS) is 12.4. The zero-order chi connectivity index (χ0) is 38.7. The Morgan fingerprint density at radius 3 is 1.26 bits per heavy atom. The first kappa shape index (κ1) is 50.4. The lowest BCUT2D eigenvalue weighted by Gasteiger charge is -2.18. The van der Waals surface area contributed by atoms with E-state index in [1.165, 1.54) is 89.9 Å². The molecule has 0 saturated carbocycles. The number of unbranched alkanes of at least 4 members (excludes halogenated alkanes) is 20. The molecular formula is C47H82O6. The zero-order valence-corrected chi connectivity index (χ0v) is 34.8. The van der Waals surface area contributed by atoms with Gasteiger partial charge in [0.1, 0.15) is 13.2 Å². The van der Waals surface area contributed by atoms with Crippen molar-refractivity contribution in [2.45, 2.75) is 219 Å². The van der Waals surface area contributed by atoms with Crippen LogP contribution in [0.3, 0.4) is 0 Å². The minimum Gasteiger partial charge on any atom is -0.462 e. The van der Waals surface area contributed by atoms with Crippen molar-refractivity contribution in [3.8, 4) is 0 Å². The van der Waals surface area contributed by atoms with Crippen LogP contribution in [0.25, 0.3) is 0 Å². The lowest BCUT2D eigenvalue weighted by Crippen LogP contribution is -2.30. The van der Waals surface area contributed by atoms with E-state index < -0.39 is 6.10 Å². The van der Waals surface area contributed by atoms with E-state index in [-0.39, 0.29) is 31.1 Å². The minimum atomic E-state index is -0.783. The maximum absolute atomic E-state index is 12.7. The summed E-state index contributed by atoms with van der Waals surface area (Å²) in [4.78, 5) is 37.6.